The summed E-state index contributed by atoms with van der Waals surface area (Å²) in [6, 6.07) is 1.68. The summed E-state index contributed by atoms with van der Waals surface area (Å²) in [5.74, 6) is -2.34. The first-order chi connectivity index (χ1) is 8.83. The van der Waals surface area contributed by atoms with Crippen molar-refractivity contribution >= 4 is 11.6 Å². The predicted octanol–water partition coefficient (Wildman–Crippen LogP) is 1.84. The van der Waals surface area contributed by atoms with Crippen LogP contribution >= 0.6 is 0 Å². The van der Waals surface area contributed by atoms with Gasteiger partial charge in [-0.3, -0.25) is 4.79 Å². The predicted molar refractivity (Wildman–Crippen MR) is 66.7 cm³/mol. The summed E-state index contributed by atoms with van der Waals surface area (Å²) in [7, 11) is 0. The van der Waals surface area contributed by atoms with Gasteiger partial charge in [0.2, 0.25) is 0 Å². The van der Waals surface area contributed by atoms with E-state index in [-0.39, 0.29) is 11.8 Å². The zero-order valence-electron chi connectivity index (χ0n) is 10.8. The molecule has 1 amide bonds. The molecule has 104 valence electrons. The molecule has 1 fully saturated rings. The number of benzene rings is 1. The number of hydrogen-bond acceptors (Lipinski definition) is 3. The number of hydrogen-bond donors (Lipinski definition) is 2. The second-order valence-corrected chi connectivity index (χ2v) is 4.99. The molecule has 1 aliphatic heterocycles. The second-order valence-electron chi connectivity index (χ2n) is 4.99. The van der Waals surface area contributed by atoms with E-state index in [1.165, 1.54) is 0 Å². The largest absolute Gasteiger partial charge is 0.396 e. The summed E-state index contributed by atoms with van der Waals surface area (Å²) in [5, 5.41) is 2.69. The molecule has 0 radical (unpaired) electrons. The lowest BCUT2D eigenvalue weighted by Gasteiger charge is -2.29. The molecule has 19 heavy (non-hydrogen) atoms. The first-order valence-corrected chi connectivity index (χ1v) is 6.02. The van der Waals surface area contributed by atoms with E-state index in [0.29, 0.717) is 13.0 Å². The molecule has 1 aromatic rings. The normalized spacial score (nSPS) is 26.4. The third-order valence-electron chi connectivity index (χ3n) is 3.60. The first kappa shape index (κ1) is 13.7. The van der Waals surface area contributed by atoms with Gasteiger partial charge in [-0.25, -0.2) is 8.78 Å². The van der Waals surface area contributed by atoms with Crippen LogP contribution in [0.2, 0.25) is 0 Å². The fourth-order valence-corrected chi connectivity index (χ4v) is 2.10. The van der Waals surface area contributed by atoms with E-state index < -0.39 is 28.6 Å². The number of amides is 1. The molecule has 4 nitrogen and oxygen atoms in total. The molecule has 2 rings (SSSR count). The number of nitrogens with two attached hydrogens (primary N) is 1. The fraction of sp³-hybridized carbons (Fsp3) is 0.462. The maximum absolute atomic E-state index is 13.7. The highest BCUT2D eigenvalue weighted by Crippen LogP contribution is 2.26. The summed E-state index contributed by atoms with van der Waals surface area (Å²) in [5.41, 5.74) is 3.94. The van der Waals surface area contributed by atoms with Gasteiger partial charge in [0.05, 0.1) is 22.9 Å². The molecule has 3 N–H and O–H groups in total. The van der Waals surface area contributed by atoms with Crippen molar-refractivity contribution in [2.45, 2.75) is 31.9 Å². The van der Waals surface area contributed by atoms with Gasteiger partial charge in [0.1, 0.15) is 5.82 Å². The Morgan fingerprint density at radius 3 is 2.79 bits per heavy atom. The number of nitrogen functional groups attached to an aromatic ring is 1. The van der Waals surface area contributed by atoms with Crippen LogP contribution in [0.25, 0.3) is 0 Å². The van der Waals surface area contributed by atoms with Crippen LogP contribution in [0, 0.1) is 11.6 Å². The van der Waals surface area contributed by atoms with Gasteiger partial charge in [-0.1, -0.05) is 0 Å². The van der Waals surface area contributed by atoms with Gasteiger partial charge >= 0.3 is 0 Å². The van der Waals surface area contributed by atoms with Gasteiger partial charge in [-0.2, -0.15) is 0 Å². The van der Waals surface area contributed by atoms with Crippen LogP contribution in [0.15, 0.2) is 12.1 Å². The Balaban J connectivity index is 2.26. The van der Waals surface area contributed by atoms with Crippen molar-refractivity contribution in [1.82, 2.24) is 5.32 Å². The molecule has 1 aliphatic rings. The number of ether oxygens (including phenoxy) is 1. The summed E-state index contributed by atoms with van der Waals surface area (Å²) >= 11 is 0. The van der Waals surface area contributed by atoms with Crippen LogP contribution in [0.1, 0.15) is 30.6 Å². The SMILES string of the molecule is CC1OCCC1(C)NC(=O)c1cc(F)cc(N)c1F. The van der Waals surface area contributed by atoms with E-state index in [4.69, 9.17) is 10.5 Å². The first-order valence-electron chi connectivity index (χ1n) is 6.02. The van der Waals surface area contributed by atoms with E-state index in [9.17, 15) is 13.6 Å². The number of carbonyl (C=O) groups excluding carboxylic acids is 1. The van der Waals surface area contributed by atoms with Crippen molar-refractivity contribution in [3.63, 3.8) is 0 Å². The smallest absolute Gasteiger partial charge is 0.254 e. The van der Waals surface area contributed by atoms with Crippen LogP contribution < -0.4 is 11.1 Å². The lowest BCUT2D eigenvalue weighted by Crippen LogP contribution is -2.50. The Morgan fingerprint density at radius 1 is 1.53 bits per heavy atom. The van der Waals surface area contributed by atoms with Crippen LogP contribution in [-0.2, 0) is 4.74 Å². The van der Waals surface area contributed by atoms with E-state index in [1.807, 2.05) is 13.8 Å². The zero-order valence-corrected chi connectivity index (χ0v) is 10.8. The van der Waals surface area contributed by atoms with Crippen molar-refractivity contribution in [2.75, 3.05) is 12.3 Å². The average molecular weight is 270 g/mol. The molecule has 2 unspecified atom stereocenters. The zero-order chi connectivity index (χ0) is 14.2. The lowest BCUT2D eigenvalue weighted by atomic mass is 9.94. The minimum Gasteiger partial charge on any atom is -0.396 e. The van der Waals surface area contributed by atoms with Crippen molar-refractivity contribution in [2.24, 2.45) is 0 Å². The number of anilines is 1. The molecule has 0 saturated carbocycles. The van der Waals surface area contributed by atoms with Crippen LogP contribution in [0.5, 0.6) is 0 Å². The van der Waals surface area contributed by atoms with Gasteiger partial charge in [-0.05, 0) is 32.4 Å². The van der Waals surface area contributed by atoms with Gasteiger partial charge in [0.15, 0.2) is 5.82 Å². The van der Waals surface area contributed by atoms with E-state index >= 15 is 0 Å². The third-order valence-corrected chi connectivity index (χ3v) is 3.60. The second kappa shape index (κ2) is 4.77. The van der Waals surface area contributed by atoms with Crippen molar-refractivity contribution in [3.8, 4) is 0 Å². The Morgan fingerprint density at radius 2 is 2.21 bits per heavy atom. The quantitative estimate of drug-likeness (QED) is 0.806. The van der Waals surface area contributed by atoms with Crippen molar-refractivity contribution in [1.29, 1.82) is 0 Å². The lowest BCUT2D eigenvalue weighted by molar-refractivity contribution is 0.0724. The number of nitrogens with one attached hydrogen (secondary N) is 1. The minimum atomic E-state index is -0.908. The summed E-state index contributed by atoms with van der Waals surface area (Å²) in [4.78, 5) is 12.0. The monoisotopic (exact) mass is 270 g/mol. The number of carbonyl (C=O) groups is 1. The topological polar surface area (TPSA) is 64.3 Å². The molecular weight excluding hydrogens is 254 g/mol. The molecule has 0 aliphatic carbocycles. The van der Waals surface area contributed by atoms with Gasteiger partial charge in [0, 0.05) is 6.61 Å². The van der Waals surface area contributed by atoms with E-state index in [0.717, 1.165) is 12.1 Å². The van der Waals surface area contributed by atoms with E-state index in [2.05, 4.69) is 5.32 Å². The summed E-state index contributed by atoms with van der Waals surface area (Å²) in [6.45, 7) is 4.15. The molecular formula is C13H16F2N2O2. The average Bonchev–Trinajstić information content (AvgIpc) is 2.64. The van der Waals surface area contributed by atoms with Crippen molar-refractivity contribution in [3.05, 3.63) is 29.3 Å². The highest BCUT2D eigenvalue weighted by molar-refractivity contribution is 5.96. The molecule has 0 aromatic heterocycles. The Hall–Kier alpha value is -1.69. The van der Waals surface area contributed by atoms with E-state index in [1.54, 1.807) is 0 Å². The molecule has 2 atom stereocenters. The maximum atomic E-state index is 13.7. The van der Waals surface area contributed by atoms with Gasteiger partial charge in [-0.15, -0.1) is 0 Å². The Bertz CT molecular complexity index is 522. The number of rotatable bonds is 2. The number of halogens is 2. The van der Waals surface area contributed by atoms with Crippen LogP contribution in [-0.4, -0.2) is 24.2 Å². The molecule has 0 bridgehead atoms. The molecule has 0 spiro atoms. The standard InChI is InChI=1S/C13H16F2N2O2/c1-7-13(2,3-4-19-7)17-12(18)9-5-8(14)6-10(16)11(9)15/h5-7H,3-4,16H2,1-2H3,(H,17,18). The molecule has 1 saturated heterocycles. The molecule has 6 heteroatoms. The molecule has 1 aromatic carbocycles. The van der Waals surface area contributed by atoms with Crippen molar-refractivity contribution < 1.29 is 18.3 Å². The molecule has 1 heterocycles. The Kier molecular flexibility index (Phi) is 3.45. The Labute approximate surface area is 109 Å². The van der Waals surface area contributed by atoms with Gasteiger partial charge in [0.25, 0.3) is 5.91 Å². The van der Waals surface area contributed by atoms with Crippen LogP contribution in [0.3, 0.4) is 0 Å². The summed E-state index contributed by atoms with van der Waals surface area (Å²) < 4.78 is 32.3. The fourth-order valence-electron chi connectivity index (χ4n) is 2.10. The third kappa shape index (κ3) is 2.53. The van der Waals surface area contributed by atoms with Crippen LogP contribution in [0.4, 0.5) is 14.5 Å². The maximum Gasteiger partial charge on any atom is 0.254 e. The highest BCUT2D eigenvalue weighted by Gasteiger charge is 2.38. The highest BCUT2D eigenvalue weighted by atomic mass is 19.1. The summed E-state index contributed by atoms with van der Waals surface area (Å²) in [6.07, 6.45) is 0.428. The van der Waals surface area contributed by atoms with Gasteiger partial charge < -0.3 is 15.8 Å². The minimum absolute atomic E-state index is 0.189.